The zero-order chi connectivity index (χ0) is 29.4. The molecule has 0 spiro atoms. The summed E-state index contributed by atoms with van der Waals surface area (Å²) in [6.45, 7) is 4.44. The highest BCUT2D eigenvalue weighted by atomic mass is 79.9. The number of esters is 1. The number of para-hydroxylation sites is 2. The molecule has 0 saturated carbocycles. The summed E-state index contributed by atoms with van der Waals surface area (Å²) in [5.74, 6) is 0.0736. The van der Waals surface area contributed by atoms with Crippen LogP contribution in [-0.2, 0) is 16.1 Å². The maximum Gasteiger partial charge on any atom is 0.338 e. The largest absolute Gasteiger partial charge is 0.496 e. The lowest BCUT2D eigenvalue weighted by Crippen LogP contribution is -2.40. The van der Waals surface area contributed by atoms with Crippen LogP contribution in [0.3, 0.4) is 0 Å². The topological polar surface area (TPSA) is 74.8 Å². The maximum atomic E-state index is 14.2. The molecule has 0 fully saturated rings. The minimum atomic E-state index is -0.739. The molecule has 1 aliphatic heterocycles. The predicted octanol–water partition coefficient (Wildman–Crippen LogP) is 5.57. The maximum absolute atomic E-state index is 14.2. The van der Waals surface area contributed by atoms with E-state index in [4.69, 9.17) is 14.5 Å². The molecular formula is C33H28BrN3O4S. The Morgan fingerprint density at radius 2 is 1.81 bits per heavy atom. The molecule has 0 N–H and O–H groups in total. The van der Waals surface area contributed by atoms with Crippen molar-refractivity contribution < 1.29 is 14.3 Å². The van der Waals surface area contributed by atoms with E-state index in [1.165, 1.54) is 16.9 Å². The Balaban J connectivity index is 1.53. The van der Waals surface area contributed by atoms with Gasteiger partial charge in [0.2, 0.25) is 0 Å². The van der Waals surface area contributed by atoms with Crippen molar-refractivity contribution in [2.75, 3.05) is 13.7 Å². The third-order valence-electron chi connectivity index (χ3n) is 7.32. The third kappa shape index (κ3) is 5.03. The summed E-state index contributed by atoms with van der Waals surface area (Å²) >= 11 is 4.82. The number of benzene rings is 3. The first-order valence-corrected chi connectivity index (χ1v) is 15.2. The van der Waals surface area contributed by atoms with E-state index < -0.39 is 12.0 Å². The molecule has 0 unspecified atom stereocenters. The first-order valence-electron chi connectivity index (χ1n) is 13.5. The molecule has 42 heavy (non-hydrogen) atoms. The van der Waals surface area contributed by atoms with Gasteiger partial charge < -0.3 is 14.0 Å². The first-order chi connectivity index (χ1) is 20.4. The van der Waals surface area contributed by atoms with Crippen LogP contribution < -0.4 is 19.6 Å². The number of thiazole rings is 1. The van der Waals surface area contributed by atoms with Gasteiger partial charge in [-0.05, 0) is 49.8 Å². The highest BCUT2D eigenvalue weighted by Gasteiger charge is 2.35. The molecule has 9 heteroatoms. The van der Waals surface area contributed by atoms with Crippen molar-refractivity contribution in [2.45, 2.75) is 26.4 Å². The molecule has 5 aromatic rings. The number of hydrogen-bond donors (Lipinski definition) is 0. The van der Waals surface area contributed by atoms with Gasteiger partial charge in [0.25, 0.3) is 5.56 Å². The zero-order valence-electron chi connectivity index (χ0n) is 23.3. The van der Waals surface area contributed by atoms with Crippen molar-refractivity contribution in [3.8, 4) is 5.75 Å². The number of carbonyl (C=O) groups excluding carboxylic acids is 1. The van der Waals surface area contributed by atoms with Crippen LogP contribution in [0.5, 0.6) is 5.75 Å². The fourth-order valence-electron chi connectivity index (χ4n) is 5.43. The number of methoxy groups -OCH3 is 1. The summed E-state index contributed by atoms with van der Waals surface area (Å²) in [5.41, 5.74) is 4.48. The fourth-order valence-corrected chi connectivity index (χ4v) is 6.73. The predicted molar refractivity (Wildman–Crippen MR) is 169 cm³/mol. The number of aromatic nitrogens is 2. The van der Waals surface area contributed by atoms with Crippen molar-refractivity contribution in [2.24, 2.45) is 4.99 Å². The minimum Gasteiger partial charge on any atom is -0.496 e. The van der Waals surface area contributed by atoms with E-state index >= 15 is 0 Å². The van der Waals surface area contributed by atoms with Gasteiger partial charge in [0.15, 0.2) is 4.80 Å². The third-order valence-corrected chi connectivity index (χ3v) is 8.83. The second-order valence-corrected chi connectivity index (χ2v) is 11.8. The molecule has 0 aliphatic carbocycles. The van der Waals surface area contributed by atoms with E-state index in [9.17, 15) is 9.59 Å². The van der Waals surface area contributed by atoms with Gasteiger partial charge in [-0.3, -0.25) is 9.36 Å². The molecule has 212 valence electrons. The highest BCUT2D eigenvalue weighted by molar-refractivity contribution is 9.10. The Hall–Kier alpha value is -4.21. The van der Waals surface area contributed by atoms with Crippen molar-refractivity contribution in [3.63, 3.8) is 0 Å². The number of nitrogens with zero attached hydrogens (tertiary/aromatic N) is 3. The molecule has 1 atom stereocenters. The molecule has 0 saturated heterocycles. The second-order valence-electron chi connectivity index (χ2n) is 9.90. The fraction of sp³-hybridized carbons (Fsp3) is 0.182. The minimum absolute atomic E-state index is 0.211. The second kappa shape index (κ2) is 11.6. The lowest BCUT2D eigenvalue weighted by atomic mass is 9.95. The molecule has 6 rings (SSSR count). The zero-order valence-corrected chi connectivity index (χ0v) is 25.7. The van der Waals surface area contributed by atoms with Gasteiger partial charge in [0.05, 0.1) is 29.5 Å². The van der Waals surface area contributed by atoms with Crippen molar-refractivity contribution >= 4 is 50.2 Å². The average Bonchev–Trinajstić information content (AvgIpc) is 3.49. The van der Waals surface area contributed by atoms with Crippen molar-refractivity contribution in [3.05, 3.63) is 131 Å². The van der Waals surface area contributed by atoms with E-state index in [0.29, 0.717) is 38.5 Å². The van der Waals surface area contributed by atoms with Gasteiger partial charge in [-0.2, -0.15) is 0 Å². The Morgan fingerprint density at radius 3 is 2.57 bits per heavy atom. The van der Waals surface area contributed by atoms with E-state index in [0.717, 1.165) is 20.9 Å². The standard InChI is InChI=1S/C33H28BrN3O4S/c1-4-41-32(39)29-20(2)35-33-37(30(29)25-10-6-8-12-27(25)40-3)31(38)28(42-33)17-22-19-36(26-11-7-5-9-24(22)26)18-21-13-15-23(34)16-14-21/h5-17,19,30H,4,18H2,1-3H3/b28-17+/t30-/m1/s1. The van der Waals surface area contributed by atoms with Crippen LogP contribution in [0, 0.1) is 0 Å². The smallest absolute Gasteiger partial charge is 0.338 e. The van der Waals surface area contributed by atoms with E-state index in [1.54, 1.807) is 25.5 Å². The number of ether oxygens (including phenoxy) is 2. The summed E-state index contributed by atoms with van der Waals surface area (Å²) < 4.78 is 16.4. The SMILES string of the molecule is CCOC(=O)C1=C(C)N=c2s/c(=C/c3cn(Cc4ccc(Br)cc4)c4ccccc34)c(=O)n2[C@@H]1c1ccccc1OC. The molecule has 1 aliphatic rings. The normalized spacial score (nSPS) is 15.0. The Labute approximate surface area is 254 Å². The average molecular weight is 643 g/mol. The molecule has 0 bridgehead atoms. The Kier molecular flexibility index (Phi) is 7.70. The Bertz CT molecular complexity index is 2040. The summed E-state index contributed by atoms with van der Waals surface area (Å²) in [7, 11) is 1.58. The summed E-state index contributed by atoms with van der Waals surface area (Å²) in [6, 6.07) is 23.1. The summed E-state index contributed by atoms with van der Waals surface area (Å²) in [6.07, 6.45) is 4.00. The molecule has 3 heterocycles. The molecule has 3 aromatic carbocycles. The monoisotopic (exact) mass is 641 g/mol. The number of rotatable bonds is 7. The van der Waals surface area contributed by atoms with E-state index in [1.807, 2.05) is 54.6 Å². The van der Waals surface area contributed by atoms with E-state index in [2.05, 4.69) is 51.0 Å². The number of fused-ring (bicyclic) bond motifs is 2. The lowest BCUT2D eigenvalue weighted by Gasteiger charge is -2.25. The van der Waals surface area contributed by atoms with Crippen molar-refractivity contribution in [1.82, 2.24) is 9.13 Å². The first kappa shape index (κ1) is 27.9. The van der Waals surface area contributed by atoms with E-state index in [-0.39, 0.29) is 12.2 Å². The number of allylic oxidation sites excluding steroid dienone is 1. The molecule has 7 nitrogen and oxygen atoms in total. The van der Waals surface area contributed by atoms with Crippen LogP contribution in [0.2, 0.25) is 0 Å². The lowest BCUT2D eigenvalue weighted by molar-refractivity contribution is -0.139. The molecular weight excluding hydrogens is 614 g/mol. The van der Waals surface area contributed by atoms with Crippen LogP contribution in [0.4, 0.5) is 0 Å². The van der Waals surface area contributed by atoms with Gasteiger partial charge in [0.1, 0.15) is 11.8 Å². The van der Waals surface area contributed by atoms with Gasteiger partial charge in [-0.15, -0.1) is 0 Å². The van der Waals surface area contributed by atoms with Crippen molar-refractivity contribution in [1.29, 1.82) is 0 Å². The van der Waals surface area contributed by atoms with Gasteiger partial charge in [0, 0.05) is 39.2 Å². The summed E-state index contributed by atoms with van der Waals surface area (Å²) in [4.78, 5) is 32.6. The van der Waals surface area contributed by atoms with Gasteiger partial charge >= 0.3 is 5.97 Å². The van der Waals surface area contributed by atoms with Crippen LogP contribution in [0.25, 0.3) is 17.0 Å². The molecule has 0 amide bonds. The highest BCUT2D eigenvalue weighted by Crippen LogP contribution is 2.35. The summed E-state index contributed by atoms with van der Waals surface area (Å²) in [5, 5.41) is 1.05. The van der Waals surface area contributed by atoms with Gasteiger partial charge in [-0.1, -0.05) is 75.8 Å². The van der Waals surface area contributed by atoms with Crippen LogP contribution in [0.15, 0.2) is 105 Å². The molecule has 2 aromatic heterocycles. The Morgan fingerprint density at radius 1 is 1.07 bits per heavy atom. The van der Waals surface area contributed by atoms with Crippen LogP contribution >= 0.6 is 27.3 Å². The van der Waals surface area contributed by atoms with Gasteiger partial charge in [-0.25, -0.2) is 9.79 Å². The quantitative estimate of drug-likeness (QED) is 0.218. The number of halogens is 1. The molecule has 0 radical (unpaired) electrons. The van der Waals surface area contributed by atoms with Crippen LogP contribution in [0.1, 0.15) is 36.6 Å². The van der Waals surface area contributed by atoms with Crippen LogP contribution in [-0.4, -0.2) is 28.8 Å². The number of carbonyl (C=O) groups is 1. The number of hydrogen-bond acceptors (Lipinski definition) is 6.